The smallest absolute Gasteiger partial charge is 0.417 e. The van der Waals surface area contributed by atoms with Gasteiger partial charge in [0, 0.05) is 20.0 Å². The first-order chi connectivity index (χ1) is 22.2. The molecule has 2 amide bonds. The number of carbonyl (C=O) groups excluding carboxylic acids is 2. The first-order valence-electron chi connectivity index (χ1n) is 14.4. The number of hydrogen-bond acceptors (Lipinski definition) is 5. The van der Waals surface area contributed by atoms with Gasteiger partial charge in [-0.25, -0.2) is 8.42 Å². The molecular weight excluding hydrogens is 655 g/mol. The van der Waals surface area contributed by atoms with E-state index in [1.165, 1.54) is 43.3 Å². The maximum absolute atomic E-state index is 14.4. The molecule has 0 bridgehead atoms. The van der Waals surface area contributed by atoms with E-state index in [2.05, 4.69) is 5.32 Å². The Labute approximate surface area is 276 Å². The number of methoxy groups -OCH3 is 1. The van der Waals surface area contributed by atoms with Gasteiger partial charge in [0.25, 0.3) is 10.0 Å². The number of anilines is 1. The normalized spacial score (nSPS) is 12.2. The van der Waals surface area contributed by atoms with Crippen LogP contribution in [0.25, 0.3) is 0 Å². The Morgan fingerprint density at radius 2 is 1.57 bits per heavy atom. The number of aryl methyl sites for hydroxylation is 1. The van der Waals surface area contributed by atoms with Gasteiger partial charge >= 0.3 is 6.18 Å². The number of benzene rings is 4. The summed E-state index contributed by atoms with van der Waals surface area (Å²) in [4.78, 5) is 28.7. The van der Waals surface area contributed by atoms with Crippen molar-refractivity contribution in [2.75, 3.05) is 25.0 Å². The Bertz CT molecular complexity index is 1820. The van der Waals surface area contributed by atoms with Crippen LogP contribution in [0, 0.1) is 6.92 Å². The minimum atomic E-state index is -4.91. The van der Waals surface area contributed by atoms with Crippen LogP contribution < -0.4 is 14.4 Å². The van der Waals surface area contributed by atoms with Gasteiger partial charge in [-0.3, -0.25) is 13.9 Å². The van der Waals surface area contributed by atoms with Gasteiger partial charge in [-0.15, -0.1) is 0 Å². The van der Waals surface area contributed by atoms with Crippen LogP contribution in [0.1, 0.15) is 22.3 Å². The predicted octanol–water partition coefficient (Wildman–Crippen LogP) is 6.26. The van der Waals surface area contributed by atoms with Gasteiger partial charge in [0.2, 0.25) is 11.8 Å². The number of alkyl halides is 3. The van der Waals surface area contributed by atoms with Crippen molar-refractivity contribution in [3.63, 3.8) is 0 Å². The number of ether oxygens (including phenoxy) is 1. The zero-order valence-corrected chi connectivity index (χ0v) is 27.4. The lowest BCUT2D eigenvalue weighted by Gasteiger charge is -2.33. The Morgan fingerprint density at radius 1 is 0.915 bits per heavy atom. The molecule has 0 saturated carbocycles. The number of sulfonamides is 1. The number of nitrogens with one attached hydrogen (secondary N) is 1. The molecule has 0 aromatic heterocycles. The molecule has 0 aliphatic carbocycles. The van der Waals surface area contributed by atoms with E-state index < -0.39 is 56.9 Å². The van der Waals surface area contributed by atoms with Crippen molar-refractivity contribution < 1.29 is 35.9 Å². The van der Waals surface area contributed by atoms with E-state index in [0.29, 0.717) is 21.7 Å². The molecule has 4 rings (SSSR count). The van der Waals surface area contributed by atoms with Crippen molar-refractivity contribution in [1.82, 2.24) is 10.2 Å². The van der Waals surface area contributed by atoms with E-state index in [-0.39, 0.29) is 17.9 Å². The second kappa shape index (κ2) is 14.9. The summed E-state index contributed by atoms with van der Waals surface area (Å²) in [6.45, 7) is 0.670. The monoisotopic (exact) mass is 687 g/mol. The molecule has 248 valence electrons. The van der Waals surface area contributed by atoms with E-state index in [1.54, 1.807) is 61.5 Å². The predicted molar refractivity (Wildman–Crippen MR) is 174 cm³/mol. The fraction of sp³-hybridized carbons (Fsp3) is 0.235. The zero-order valence-electron chi connectivity index (χ0n) is 25.8. The summed E-state index contributed by atoms with van der Waals surface area (Å²) in [5.41, 5.74) is 0.334. The summed E-state index contributed by atoms with van der Waals surface area (Å²) in [5.74, 6) is -0.876. The average Bonchev–Trinajstić information content (AvgIpc) is 3.05. The SMILES string of the molecule is CNC(=O)C(Cc1ccccc1)N(Cc1cccc(OC)c1)C(=O)CN(c1ccc(Cl)c(C(F)(F)F)c1)S(=O)(=O)c1ccc(C)cc1. The number of halogens is 4. The van der Waals surface area contributed by atoms with Crippen LogP contribution in [0.4, 0.5) is 18.9 Å². The summed E-state index contributed by atoms with van der Waals surface area (Å²) in [6, 6.07) is 22.9. The molecule has 0 heterocycles. The van der Waals surface area contributed by atoms with E-state index in [1.807, 2.05) is 0 Å². The summed E-state index contributed by atoms with van der Waals surface area (Å²) in [7, 11) is -1.73. The molecule has 13 heteroatoms. The third-order valence-corrected chi connectivity index (χ3v) is 9.55. The highest BCUT2D eigenvalue weighted by Gasteiger charge is 2.37. The molecule has 4 aromatic carbocycles. The molecule has 8 nitrogen and oxygen atoms in total. The zero-order chi connectivity index (χ0) is 34.4. The highest BCUT2D eigenvalue weighted by atomic mass is 35.5. The van der Waals surface area contributed by atoms with Gasteiger partial charge in [-0.2, -0.15) is 13.2 Å². The third kappa shape index (κ3) is 8.63. The Balaban J connectivity index is 1.86. The number of carbonyl (C=O) groups is 2. The fourth-order valence-electron chi connectivity index (χ4n) is 4.94. The molecule has 0 radical (unpaired) electrons. The first-order valence-corrected chi connectivity index (χ1v) is 16.2. The molecular formula is C34H33ClF3N3O5S. The molecule has 0 aliphatic heterocycles. The second-order valence-electron chi connectivity index (χ2n) is 10.7. The standard InChI is InChI=1S/C34H33ClF3N3O5S/c1-23-12-15-28(16-13-23)47(44,45)41(26-14-17-30(35)29(20-26)34(36,37)38)22-32(42)40(21-25-10-7-11-27(18-25)46-3)31(33(43)39-2)19-24-8-5-4-6-9-24/h4-18,20,31H,19,21-22H2,1-3H3,(H,39,43). The first kappa shape index (κ1) is 35.3. The summed E-state index contributed by atoms with van der Waals surface area (Å²) in [5, 5.41) is 1.94. The van der Waals surface area contributed by atoms with Crippen molar-refractivity contribution >= 4 is 39.1 Å². The summed E-state index contributed by atoms with van der Waals surface area (Å²) in [6.07, 6.45) is -4.84. The van der Waals surface area contributed by atoms with Crippen molar-refractivity contribution in [1.29, 1.82) is 0 Å². The molecule has 0 spiro atoms. The highest BCUT2D eigenvalue weighted by Crippen LogP contribution is 2.38. The topological polar surface area (TPSA) is 96.0 Å². The number of hydrogen-bond donors (Lipinski definition) is 1. The Hall–Kier alpha value is -4.55. The van der Waals surface area contributed by atoms with E-state index in [4.69, 9.17) is 16.3 Å². The summed E-state index contributed by atoms with van der Waals surface area (Å²) < 4.78 is 75.8. The molecule has 1 N–H and O–H groups in total. The molecule has 1 unspecified atom stereocenters. The van der Waals surface area contributed by atoms with Crippen LogP contribution in [0.15, 0.2) is 102 Å². The van der Waals surface area contributed by atoms with E-state index in [9.17, 15) is 31.2 Å². The van der Waals surface area contributed by atoms with Gasteiger partial charge in [0.1, 0.15) is 18.3 Å². The molecule has 47 heavy (non-hydrogen) atoms. The van der Waals surface area contributed by atoms with Crippen LogP contribution in [-0.2, 0) is 38.8 Å². The van der Waals surface area contributed by atoms with Gasteiger partial charge in [0.05, 0.1) is 28.3 Å². The quantitative estimate of drug-likeness (QED) is 0.190. The van der Waals surface area contributed by atoms with E-state index in [0.717, 1.165) is 23.3 Å². The lowest BCUT2D eigenvalue weighted by Crippen LogP contribution is -2.53. The average molecular weight is 688 g/mol. The summed E-state index contributed by atoms with van der Waals surface area (Å²) >= 11 is 5.86. The van der Waals surface area contributed by atoms with Gasteiger partial charge < -0.3 is 15.0 Å². The van der Waals surface area contributed by atoms with Crippen LogP contribution in [0.2, 0.25) is 5.02 Å². The largest absolute Gasteiger partial charge is 0.497 e. The fourth-order valence-corrected chi connectivity index (χ4v) is 6.57. The van der Waals surface area contributed by atoms with Gasteiger partial charge in [-0.1, -0.05) is 71.8 Å². The van der Waals surface area contributed by atoms with Crippen LogP contribution in [0.5, 0.6) is 5.75 Å². The van der Waals surface area contributed by atoms with Crippen LogP contribution in [-0.4, -0.2) is 51.9 Å². The minimum Gasteiger partial charge on any atom is -0.497 e. The van der Waals surface area contributed by atoms with Crippen molar-refractivity contribution in [2.45, 2.75) is 37.0 Å². The molecule has 0 fully saturated rings. The van der Waals surface area contributed by atoms with Crippen molar-refractivity contribution in [3.8, 4) is 5.75 Å². The lowest BCUT2D eigenvalue weighted by molar-refractivity contribution is -0.139. The number of likely N-dealkylation sites (N-methyl/N-ethyl adjacent to an activating group) is 1. The number of nitrogens with zero attached hydrogens (tertiary/aromatic N) is 2. The Kier molecular flexibility index (Phi) is 11.2. The third-order valence-electron chi connectivity index (χ3n) is 7.44. The van der Waals surface area contributed by atoms with Crippen molar-refractivity contribution in [2.24, 2.45) is 0 Å². The maximum atomic E-state index is 14.4. The van der Waals surface area contributed by atoms with E-state index >= 15 is 0 Å². The second-order valence-corrected chi connectivity index (χ2v) is 12.9. The van der Waals surface area contributed by atoms with Crippen LogP contribution in [0.3, 0.4) is 0 Å². The van der Waals surface area contributed by atoms with Crippen molar-refractivity contribution in [3.05, 3.63) is 124 Å². The molecule has 4 aromatic rings. The van der Waals surface area contributed by atoms with Gasteiger partial charge in [-0.05, 0) is 60.5 Å². The number of rotatable bonds is 12. The molecule has 0 aliphatic rings. The highest BCUT2D eigenvalue weighted by molar-refractivity contribution is 7.92. The minimum absolute atomic E-state index is 0.0695. The van der Waals surface area contributed by atoms with Crippen LogP contribution >= 0.6 is 11.6 Å². The van der Waals surface area contributed by atoms with Gasteiger partial charge in [0.15, 0.2) is 0 Å². The molecule has 0 saturated heterocycles. The number of amides is 2. The lowest BCUT2D eigenvalue weighted by atomic mass is 10.0. The Morgan fingerprint density at radius 3 is 2.19 bits per heavy atom. The molecule has 1 atom stereocenters. The maximum Gasteiger partial charge on any atom is 0.417 e.